The fourth-order valence-electron chi connectivity index (χ4n) is 4.54. The van der Waals surface area contributed by atoms with Gasteiger partial charge in [-0.25, -0.2) is 13.6 Å². The molecule has 6 nitrogen and oxygen atoms in total. The van der Waals surface area contributed by atoms with Crippen molar-refractivity contribution in [2.45, 2.75) is 44.5 Å². The van der Waals surface area contributed by atoms with Crippen molar-refractivity contribution in [3.63, 3.8) is 0 Å². The van der Waals surface area contributed by atoms with Crippen LogP contribution in [0.15, 0.2) is 11.6 Å². The molecule has 7 heteroatoms. The molecule has 1 heterocycles. The standard InChI is InChI=1S/C17H30N2O4S/c1-17(2)13-4-3-12(16(17)7-13)10-23-11-14(20)8-19-6-5-15(9-19)24(18,21)22/h3,13-16,20H,4-11H2,1-2H3,(H2,18,21,22)/t13-,14-,15-,16+/m0/s1. The Kier molecular flexibility index (Phi) is 5.10. The largest absolute Gasteiger partial charge is 0.389 e. The number of nitrogens with zero attached hydrogens (tertiary/aromatic N) is 1. The molecule has 0 aromatic rings. The van der Waals surface area contributed by atoms with Crippen LogP contribution in [0.1, 0.15) is 33.1 Å². The number of hydrogen-bond donors (Lipinski definition) is 2. The maximum absolute atomic E-state index is 11.4. The van der Waals surface area contributed by atoms with E-state index in [0.29, 0.717) is 44.0 Å². The first kappa shape index (κ1) is 18.3. The highest BCUT2D eigenvalue weighted by Crippen LogP contribution is 2.59. The highest BCUT2D eigenvalue weighted by molar-refractivity contribution is 7.89. The van der Waals surface area contributed by atoms with Crippen LogP contribution in [0.4, 0.5) is 0 Å². The molecule has 4 rings (SSSR count). The van der Waals surface area contributed by atoms with Crippen molar-refractivity contribution in [2.24, 2.45) is 22.4 Å². The zero-order valence-corrected chi connectivity index (χ0v) is 15.5. The number of nitrogens with two attached hydrogens (primary N) is 1. The second kappa shape index (κ2) is 6.68. The van der Waals surface area contributed by atoms with E-state index in [1.165, 1.54) is 12.0 Å². The summed E-state index contributed by atoms with van der Waals surface area (Å²) in [5, 5.41) is 14.8. The van der Waals surface area contributed by atoms with E-state index in [0.717, 1.165) is 12.3 Å². The Morgan fingerprint density at radius 3 is 2.83 bits per heavy atom. The number of β-amino-alcohol motifs (C(OH)–C–C–N with tert-alkyl or cyclic N) is 1. The Morgan fingerprint density at radius 2 is 2.25 bits per heavy atom. The molecular formula is C17H30N2O4S. The molecule has 3 aliphatic carbocycles. The van der Waals surface area contributed by atoms with Crippen molar-refractivity contribution in [1.29, 1.82) is 0 Å². The molecule has 3 N–H and O–H groups in total. The molecule has 4 atom stereocenters. The minimum atomic E-state index is -3.48. The van der Waals surface area contributed by atoms with Crippen LogP contribution >= 0.6 is 0 Å². The maximum atomic E-state index is 11.4. The first-order chi connectivity index (χ1) is 11.2. The Balaban J connectivity index is 1.38. The number of aliphatic hydroxyl groups excluding tert-OH is 1. The molecule has 0 radical (unpaired) electrons. The molecule has 24 heavy (non-hydrogen) atoms. The van der Waals surface area contributed by atoms with Gasteiger partial charge in [0.25, 0.3) is 0 Å². The summed E-state index contributed by atoms with van der Waals surface area (Å²) in [7, 11) is -3.48. The van der Waals surface area contributed by atoms with Gasteiger partial charge in [0.15, 0.2) is 0 Å². The van der Waals surface area contributed by atoms with Gasteiger partial charge in [0.05, 0.1) is 24.6 Å². The summed E-state index contributed by atoms with van der Waals surface area (Å²) in [6.45, 7) is 7.04. The van der Waals surface area contributed by atoms with Gasteiger partial charge in [-0.1, -0.05) is 19.9 Å². The maximum Gasteiger partial charge on any atom is 0.213 e. The van der Waals surface area contributed by atoms with Gasteiger partial charge >= 0.3 is 0 Å². The number of sulfonamides is 1. The smallest absolute Gasteiger partial charge is 0.213 e. The molecule has 2 fully saturated rings. The topological polar surface area (TPSA) is 92.9 Å². The van der Waals surface area contributed by atoms with Gasteiger partial charge in [-0.3, -0.25) is 4.90 Å². The number of ether oxygens (including phenoxy) is 1. The minimum absolute atomic E-state index is 0.282. The second-order valence-electron chi connectivity index (χ2n) is 8.25. The van der Waals surface area contributed by atoms with E-state index >= 15 is 0 Å². The van der Waals surface area contributed by atoms with Gasteiger partial charge in [-0.05, 0) is 48.6 Å². The number of rotatable bonds is 7. The normalized spacial score (nSPS) is 33.8. The first-order valence-electron chi connectivity index (χ1n) is 8.86. The summed E-state index contributed by atoms with van der Waals surface area (Å²) < 4.78 is 28.5. The molecule has 2 bridgehead atoms. The molecule has 0 aromatic carbocycles. The third-order valence-corrected chi connectivity index (χ3v) is 7.64. The third kappa shape index (κ3) is 3.70. The molecule has 0 spiro atoms. The monoisotopic (exact) mass is 358 g/mol. The van der Waals surface area contributed by atoms with Gasteiger partial charge in [0.1, 0.15) is 0 Å². The fraction of sp³-hybridized carbons (Fsp3) is 0.882. The quantitative estimate of drug-likeness (QED) is 0.654. The number of allylic oxidation sites excluding steroid dienone is 1. The average molecular weight is 359 g/mol. The zero-order valence-electron chi connectivity index (χ0n) is 14.6. The van der Waals surface area contributed by atoms with Crippen molar-refractivity contribution in [2.75, 3.05) is 32.8 Å². The molecule has 0 aromatic heterocycles. The molecular weight excluding hydrogens is 328 g/mol. The number of primary sulfonamides is 1. The third-order valence-electron chi connectivity index (χ3n) is 6.32. The van der Waals surface area contributed by atoms with Crippen molar-refractivity contribution in [3.05, 3.63) is 11.6 Å². The predicted octanol–water partition coefficient (Wildman–Crippen LogP) is 0.719. The van der Waals surface area contributed by atoms with Crippen LogP contribution in [0.3, 0.4) is 0 Å². The van der Waals surface area contributed by atoms with Gasteiger partial charge in [-0.15, -0.1) is 0 Å². The lowest BCUT2D eigenvalue weighted by Crippen LogP contribution is -2.48. The fourth-order valence-corrected chi connectivity index (χ4v) is 5.39. The van der Waals surface area contributed by atoms with Crippen LogP contribution in [0.2, 0.25) is 0 Å². The summed E-state index contributed by atoms with van der Waals surface area (Å²) in [6.07, 6.45) is 4.67. The molecule has 1 saturated carbocycles. The summed E-state index contributed by atoms with van der Waals surface area (Å²) in [6, 6.07) is 0. The summed E-state index contributed by atoms with van der Waals surface area (Å²) in [4.78, 5) is 1.95. The molecule has 4 aliphatic rings. The lowest BCUT2D eigenvalue weighted by Gasteiger charge is -2.56. The lowest BCUT2D eigenvalue weighted by atomic mass is 9.49. The van der Waals surface area contributed by atoms with E-state index < -0.39 is 21.4 Å². The van der Waals surface area contributed by atoms with Crippen LogP contribution in [0, 0.1) is 17.3 Å². The van der Waals surface area contributed by atoms with Crippen LogP contribution < -0.4 is 5.14 Å². The predicted molar refractivity (Wildman–Crippen MR) is 92.9 cm³/mol. The molecule has 0 amide bonds. The van der Waals surface area contributed by atoms with Crippen LogP contribution in [0.5, 0.6) is 0 Å². The highest BCUT2D eigenvalue weighted by Gasteiger charge is 2.50. The van der Waals surface area contributed by atoms with Gasteiger partial charge in [0.2, 0.25) is 10.0 Å². The van der Waals surface area contributed by atoms with Crippen LogP contribution in [-0.4, -0.2) is 62.6 Å². The molecule has 0 unspecified atom stereocenters. The summed E-state index contributed by atoms with van der Waals surface area (Å²) >= 11 is 0. The van der Waals surface area contributed by atoms with E-state index in [1.807, 2.05) is 4.90 Å². The first-order valence-corrected chi connectivity index (χ1v) is 10.5. The zero-order chi connectivity index (χ0) is 17.5. The van der Waals surface area contributed by atoms with Crippen molar-refractivity contribution >= 4 is 10.0 Å². The summed E-state index contributed by atoms with van der Waals surface area (Å²) in [5.74, 6) is 1.45. The Bertz CT molecular complexity index is 602. The number of aliphatic hydroxyl groups is 1. The van der Waals surface area contributed by atoms with Crippen LogP contribution in [0.25, 0.3) is 0 Å². The van der Waals surface area contributed by atoms with Gasteiger partial charge in [-0.2, -0.15) is 0 Å². The Morgan fingerprint density at radius 1 is 1.50 bits per heavy atom. The van der Waals surface area contributed by atoms with E-state index in [2.05, 4.69) is 19.9 Å². The lowest BCUT2D eigenvalue weighted by molar-refractivity contribution is -0.0256. The number of hydrogen-bond acceptors (Lipinski definition) is 5. The van der Waals surface area contributed by atoms with Crippen molar-refractivity contribution in [3.8, 4) is 0 Å². The Labute approximate surface area is 145 Å². The van der Waals surface area contributed by atoms with Crippen LogP contribution in [-0.2, 0) is 14.8 Å². The van der Waals surface area contributed by atoms with E-state index in [4.69, 9.17) is 9.88 Å². The van der Waals surface area contributed by atoms with Crippen molar-refractivity contribution < 1.29 is 18.3 Å². The SMILES string of the molecule is CC1(C)[C@H]2CC=C(COC[C@@H](O)CN3CC[C@H](S(N)(=O)=O)C3)[C@H]1C2. The van der Waals surface area contributed by atoms with E-state index in [9.17, 15) is 13.5 Å². The molecule has 1 aliphatic heterocycles. The van der Waals surface area contributed by atoms with E-state index in [1.54, 1.807) is 0 Å². The molecule has 138 valence electrons. The van der Waals surface area contributed by atoms with Crippen molar-refractivity contribution in [1.82, 2.24) is 4.90 Å². The van der Waals surface area contributed by atoms with Gasteiger partial charge < -0.3 is 9.84 Å². The minimum Gasteiger partial charge on any atom is -0.389 e. The highest BCUT2D eigenvalue weighted by atomic mass is 32.2. The number of likely N-dealkylation sites (tertiary alicyclic amines) is 1. The van der Waals surface area contributed by atoms with Gasteiger partial charge in [0, 0.05) is 13.1 Å². The second-order valence-corrected chi connectivity index (χ2v) is 10.1. The summed E-state index contributed by atoms with van der Waals surface area (Å²) in [5.41, 5.74) is 1.77. The average Bonchev–Trinajstić information content (AvgIpc) is 2.95. The number of fused-ring (bicyclic) bond motifs is 1. The Hall–Kier alpha value is -0.470. The molecule has 1 saturated heterocycles. The van der Waals surface area contributed by atoms with E-state index in [-0.39, 0.29) is 6.61 Å².